The van der Waals surface area contributed by atoms with Gasteiger partial charge in [0.15, 0.2) is 0 Å². The smallest absolute Gasteiger partial charge is 0.0944 e. The molecular weight excluding hydrogens is 86.1 g/mol. The Bertz CT molecular complexity index is 97.2. The molecule has 0 heterocycles. The van der Waals surface area contributed by atoms with Gasteiger partial charge in [-0.25, -0.2) is 0 Å². The molecule has 0 aliphatic rings. The topological polar surface area (TPSA) is 23.8 Å². The van der Waals surface area contributed by atoms with Gasteiger partial charge in [-0.1, -0.05) is 13.5 Å². The fraction of sp³-hybridized carbons (Fsp3) is 0.333. The second-order valence-electron chi connectivity index (χ2n) is 1.25. The van der Waals surface area contributed by atoms with Crippen LogP contribution >= 0.6 is 0 Å². The minimum Gasteiger partial charge on any atom is -0.193 e. The van der Waals surface area contributed by atoms with Crippen molar-refractivity contribution in [2.45, 2.75) is 13.3 Å². The van der Waals surface area contributed by atoms with Gasteiger partial charge < -0.3 is 0 Å². The van der Waals surface area contributed by atoms with E-state index in [1.165, 1.54) is 0 Å². The molecule has 0 rings (SSSR count). The highest BCUT2D eigenvalue weighted by molar-refractivity contribution is 5.24. The molecule has 0 saturated carbocycles. The van der Waals surface area contributed by atoms with Crippen molar-refractivity contribution in [1.29, 1.82) is 5.26 Å². The third-order valence-electron chi connectivity index (χ3n) is 0.594. The van der Waals surface area contributed by atoms with Crippen molar-refractivity contribution in [1.82, 2.24) is 0 Å². The van der Waals surface area contributed by atoms with E-state index in [0.29, 0.717) is 5.57 Å². The number of hydrogen-bond donors (Lipinski definition) is 0. The third kappa shape index (κ3) is 3.05. The Labute approximate surface area is 44.3 Å². The molecule has 0 aliphatic carbocycles. The van der Waals surface area contributed by atoms with Crippen LogP contribution in [0.15, 0.2) is 12.2 Å². The Hall–Kier alpha value is -0.770. The number of rotatable bonds is 2. The first-order valence-corrected chi connectivity index (χ1v) is 2.23. The summed E-state index contributed by atoms with van der Waals surface area (Å²) in [6.07, 6.45) is 2.69. The molecule has 0 amide bonds. The molecule has 1 nitrogen and oxygen atoms in total. The van der Waals surface area contributed by atoms with Gasteiger partial charge in [0.2, 0.25) is 0 Å². The number of hydrogen-bond acceptors (Lipinski definition) is 1. The monoisotopic (exact) mass is 94.1 g/mol. The Morgan fingerprint density at radius 2 is 2.57 bits per heavy atom. The van der Waals surface area contributed by atoms with Gasteiger partial charge in [-0.2, -0.15) is 5.26 Å². The van der Waals surface area contributed by atoms with E-state index in [1.807, 2.05) is 13.0 Å². The first kappa shape index (κ1) is 6.23. The summed E-state index contributed by atoms with van der Waals surface area (Å²) < 4.78 is 0. The van der Waals surface area contributed by atoms with Crippen LogP contribution in [0.4, 0.5) is 0 Å². The lowest BCUT2D eigenvalue weighted by atomic mass is 10.2. The van der Waals surface area contributed by atoms with E-state index < -0.39 is 0 Å². The average Bonchev–Trinajstić information content (AvgIpc) is 1.68. The SMILES string of the molecule is C=C(C#N)[CH]CC. The molecule has 0 saturated heterocycles. The molecule has 0 atom stereocenters. The molecule has 1 heteroatoms. The minimum absolute atomic E-state index is 0.558. The summed E-state index contributed by atoms with van der Waals surface area (Å²) in [5, 5.41) is 8.09. The van der Waals surface area contributed by atoms with Crippen LogP contribution in [-0.4, -0.2) is 0 Å². The van der Waals surface area contributed by atoms with Gasteiger partial charge in [-0.05, 0) is 6.42 Å². The van der Waals surface area contributed by atoms with Gasteiger partial charge in [0, 0.05) is 12.0 Å². The predicted octanol–water partition coefficient (Wildman–Crippen LogP) is 1.68. The molecule has 0 aromatic heterocycles. The zero-order valence-electron chi connectivity index (χ0n) is 4.44. The van der Waals surface area contributed by atoms with Gasteiger partial charge in [0.25, 0.3) is 0 Å². The van der Waals surface area contributed by atoms with E-state index in [0.717, 1.165) is 6.42 Å². The fourth-order valence-electron chi connectivity index (χ4n) is 0.292. The highest BCUT2D eigenvalue weighted by Gasteiger charge is 1.84. The van der Waals surface area contributed by atoms with Crippen LogP contribution in [0.25, 0.3) is 0 Å². The van der Waals surface area contributed by atoms with Gasteiger partial charge in [0.1, 0.15) is 0 Å². The molecule has 37 valence electrons. The maximum absolute atomic E-state index is 8.09. The zero-order valence-corrected chi connectivity index (χ0v) is 4.44. The second kappa shape index (κ2) is 3.42. The summed E-state index contributed by atoms with van der Waals surface area (Å²) in [6.45, 7) is 5.42. The summed E-state index contributed by atoms with van der Waals surface area (Å²) in [5.74, 6) is 0. The summed E-state index contributed by atoms with van der Waals surface area (Å²) in [4.78, 5) is 0. The molecule has 0 N–H and O–H groups in total. The van der Waals surface area contributed by atoms with Crippen molar-refractivity contribution < 1.29 is 0 Å². The van der Waals surface area contributed by atoms with Gasteiger partial charge in [0.05, 0.1) is 6.07 Å². The number of allylic oxidation sites excluding steroid dienone is 1. The first-order chi connectivity index (χ1) is 3.31. The average molecular weight is 94.1 g/mol. The maximum atomic E-state index is 8.09. The molecule has 0 fully saturated rings. The fourth-order valence-corrected chi connectivity index (χ4v) is 0.292. The van der Waals surface area contributed by atoms with Crippen LogP contribution in [0.5, 0.6) is 0 Å². The number of nitrogens with zero attached hydrogens (tertiary/aromatic N) is 1. The first-order valence-electron chi connectivity index (χ1n) is 2.23. The summed E-state index contributed by atoms with van der Waals surface area (Å²) >= 11 is 0. The lowest BCUT2D eigenvalue weighted by Gasteiger charge is -1.83. The molecule has 0 aromatic rings. The van der Waals surface area contributed by atoms with Gasteiger partial charge in [-0.15, -0.1) is 0 Å². The Morgan fingerprint density at radius 3 is 2.71 bits per heavy atom. The molecule has 7 heavy (non-hydrogen) atoms. The molecule has 0 aliphatic heterocycles. The van der Waals surface area contributed by atoms with Crippen molar-refractivity contribution in [2.75, 3.05) is 0 Å². The molecule has 0 bridgehead atoms. The molecule has 0 spiro atoms. The predicted molar refractivity (Wildman–Crippen MR) is 29.3 cm³/mol. The highest BCUT2D eigenvalue weighted by Crippen LogP contribution is 1.95. The summed E-state index contributed by atoms with van der Waals surface area (Å²) in [5.41, 5.74) is 0.558. The summed E-state index contributed by atoms with van der Waals surface area (Å²) in [6, 6.07) is 1.92. The van der Waals surface area contributed by atoms with Gasteiger partial charge in [-0.3, -0.25) is 0 Å². The van der Waals surface area contributed by atoms with Crippen molar-refractivity contribution in [3.63, 3.8) is 0 Å². The van der Waals surface area contributed by atoms with Crippen LogP contribution in [0.1, 0.15) is 13.3 Å². The van der Waals surface area contributed by atoms with Crippen molar-refractivity contribution in [3.8, 4) is 6.07 Å². The maximum Gasteiger partial charge on any atom is 0.0944 e. The Balaban J connectivity index is 3.24. The van der Waals surface area contributed by atoms with E-state index >= 15 is 0 Å². The third-order valence-corrected chi connectivity index (χ3v) is 0.594. The minimum atomic E-state index is 0.558. The van der Waals surface area contributed by atoms with Crippen molar-refractivity contribution in [2.24, 2.45) is 0 Å². The largest absolute Gasteiger partial charge is 0.193 e. The van der Waals surface area contributed by atoms with Gasteiger partial charge >= 0.3 is 0 Å². The molecule has 1 radical (unpaired) electrons. The van der Waals surface area contributed by atoms with E-state index in [9.17, 15) is 0 Å². The molecular formula is C6H8N. The van der Waals surface area contributed by atoms with E-state index in [2.05, 4.69) is 6.58 Å². The zero-order chi connectivity index (χ0) is 5.70. The normalized spacial score (nSPS) is 7.43. The van der Waals surface area contributed by atoms with Crippen molar-refractivity contribution >= 4 is 0 Å². The Kier molecular flexibility index (Phi) is 3.04. The second-order valence-corrected chi connectivity index (χ2v) is 1.25. The Morgan fingerprint density at radius 1 is 2.00 bits per heavy atom. The molecule has 0 aromatic carbocycles. The van der Waals surface area contributed by atoms with Crippen LogP contribution in [0.2, 0.25) is 0 Å². The van der Waals surface area contributed by atoms with Crippen LogP contribution in [-0.2, 0) is 0 Å². The quantitative estimate of drug-likeness (QED) is 0.477. The van der Waals surface area contributed by atoms with E-state index in [1.54, 1.807) is 6.42 Å². The van der Waals surface area contributed by atoms with Crippen LogP contribution < -0.4 is 0 Å². The van der Waals surface area contributed by atoms with E-state index in [-0.39, 0.29) is 0 Å². The molecule has 0 unspecified atom stereocenters. The lowest BCUT2D eigenvalue weighted by Crippen LogP contribution is -1.72. The van der Waals surface area contributed by atoms with Crippen molar-refractivity contribution in [3.05, 3.63) is 18.6 Å². The lowest BCUT2D eigenvalue weighted by molar-refractivity contribution is 1.13. The van der Waals surface area contributed by atoms with Crippen LogP contribution in [0.3, 0.4) is 0 Å². The van der Waals surface area contributed by atoms with Crippen LogP contribution in [0, 0.1) is 17.8 Å². The number of nitriles is 1. The summed E-state index contributed by atoms with van der Waals surface area (Å²) in [7, 11) is 0. The van der Waals surface area contributed by atoms with E-state index in [4.69, 9.17) is 5.26 Å². The highest BCUT2D eigenvalue weighted by atomic mass is 14.2. The standard InChI is InChI=1S/C6H8N/c1-3-4-6(2)5-7/h4H,2-3H2,1H3.